The lowest BCUT2D eigenvalue weighted by molar-refractivity contribution is -0.138. The van der Waals surface area contributed by atoms with Crippen LogP contribution in [-0.2, 0) is 23.7 Å². The van der Waals surface area contributed by atoms with Crippen molar-refractivity contribution in [2.24, 2.45) is 0 Å². The summed E-state index contributed by atoms with van der Waals surface area (Å²) >= 11 is 0. The average molecular weight is 278 g/mol. The van der Waals surface area contributed by atoms with Gasteiger partial charge in [0, 0.05) is 0 Å². The molecule has 0 fully saturated rings. The summed E-state index contributed by atoms with van der Waals surface area (Å²) in [6.07, 6.45) is 0.0247. The van der Waals surface area contributed by atoms with E-state index in [-0.39, 0.29) is 18.6 Å². The molecule has 0 amide bonds. The third-order valence-corrected chi connectivity index (χ3v) is 1.97. The fraction of sp³-hybridized carbons (Fsp3) is 0.923. The molecule has 0 heterocycles. The van der Waals surface area contributed by atoms with Crippen molar-refractivity contribution in [2.75, 3.05) is 46.2 Å². The minimum Gasteiger partial charge on any atom is -0.481 e. The summed E-state index contributed by atoms with van der Waals surface area (Å²) in [6, 6.07) is 0. The van der Waals surface area contributed by atoms with Crippen LogP contribution in [0.5, 0.6) is 0 Å². The Bertz CT molecular complexity index is 224. The van der Waals surface area contributed by atoms with Gasteiger partial charge < -0.3 is 24.1 Å². The Labute approximate surface area is 115 Å². The molecule has 114 valence electrons. The molecular formula is C13H26O6. The number of hydrogen-bond donors (Lipinski definition) is 1. The predicted octanol–water partition coefficient (Wildman–Crippen LogP) is 1.33. The van der Waals surface area contributed by atoms with Gasteiger partial charge in [-0.15, -0.1) is 0 Å². The SMILES string of the molecule is CC(C)(C)OCCOCCOCCOCCC(=O)O. The van der Waals surface area contributed by atoms with Crippen LogP contribution < -0.4 is 0 Å². The van der Waals surface area contributed by atoms with Crippen LogP contribution in [0.15, 0.2) is 0 Å². The number of ether oxygens (including phenoxy) is 4. The Morgan fingerprint density at radius 2 is 1.26 bits per heavy atom. The minimum absolute atomic E-state index is 0.0247. The van der Waals surface area contributed by atoms with Crippen molar-refractivity contribution >= 4 is 5.97 Å². The molecule has 0 aromatic carbocycles. The molecular weight excluding hydrogens is 252 g/mol. The summed E-state index contributed by atoms with van der Waals surface area (Å²) in [5, 5.41) is 8.37. The zero-order valence-electron chi connectivity index (χ0n) is 12.1. The van der Waals surface area contributed by atoms with E-state index in [0.717, 1.165) is 0 Å². The van der Waals surface area contributed by atoms with Crippen molar-refractivity contribution in [3.63, 3.8) is 0 Å². The third-order valence-electron chi connectivity index (χ3n) is 1.97. The molecule has 0 bridgehead atoms. The second kappa shape index (κ2) is 11.2. The number of carbonyl (C=O) groups is 1. The third kappa shape index (κ3) is 17.3. The van der Waals surface area contributed by atoms with E-state index in [9.17, 15) is 4.79 Å². The maximum Gasteiger partial charge on any atom is 0.305 e. The number of carboxylic acid groups (broad SMARTS) is 1. The molecule has 1 N–H and O–H groups in total. The summed E-state index contributed by atoms with van der Waals surface area (Å²) in [6.45, 7) is 9.21. The van der Waals surface area contributed by atoms with Crippen LogP contribution in [0.25, 0.3) is 0 Å². The summed E-state index contributed by atoms with van der Waals surface area (Å²) in [5.41, 5.74) is -0.132. The molecule has 0 aromatic rings. The van der Waals surface area contributed by atoms with Crippen molar-refractivity contribution in [1.29, 1.82) is 0 Å². The highest BCUT2D eigenvalue weighted by Gasteiger charge is 2.08. The van der Waals surface area contributed by atoms with Gasteiger partial charge in [0.15, 0.2) is 0 Å². The second-order valence-corrected chi connectivity index (χ2v) is 4.94. The Kier molecular flexibility index (Phi) is 10.8. The molecule has 0 aliphatic heterocycles. The molecule has 19 heavy (non-hydrogen) atoms. The summed E-state index contributed by atoms with van der Waals surface area (Å²) in [7, 11) is 0. The Balaban J connectivity index is 3.05. The summed E-state index contributed by atoms with van der Waals surface area (Å²) < 4.78 is 21.1. The number of hydrogen-bond acceptors (Lipinski definition) is 5. The highest BCUT2D eigenvalue weighted by molar-refractivity contribution is 5.66. The van der Waals surface area contributed by atoms with Gasteiger partial charge in [0.25, 0.3) is 0 Å². The Morgan fingerprint density at radius 1 is 0.842 bits per heavy atom. The van der Waals surface area contributed by atoms with E-state index in [2.05, 4.69) is 0 Å². The predicted molar refractivity (Wildman–Crippen MR) is 70.4 cm³/mol. The summed E-state index contributed by atoms with van der Waals surface area (Å²) in [4.78, 5) is 10.2. The minimum atomic E-state index is -0.855. The lowest BCUT2D eigenvalue weighted by Gasteiger charge is -2.19. The van der Waals surface area contributed by atoms with Gasteiger partial charge in [0.2, 0.25) is 0 Å². The zero-order chi connectivity index (χ0) is 14.6. The standard InChI is InChI=1S/C13H26O6/c1-13(2,3)19-11-10-18-9-8-17-7-6-16-5-4-12(14)15/h4-11H2,1-3H3,(H,14,15). The molecule has 6 nitrogen and oxygen atoms in total. The van der Waals surface area contributed by atoms with Gasteiger partial charge >= 0.3 is 5.97 Å². The maximum absolute atomic E-state index is 10.2. The highest BCUT2D eigenvalue weighted by Crippen LogP contribution is 2.05. The number of rotatable bonds is 12. The zero-order valence-corrected chi connectivity index (χ0v) is 12.1. The van der Waals surface area contributed by atoms with Crippen molar-refractivity contribution < 1.29 is 28.8 Å². The van der Waals surface area contributed by atoms with Crippen molar-refractivity contribution in [3.8, 4) is 0 Å². The fourth-order valence-electron chi connectivity index (χ4n) is 1.11. The Hall–Kier alpha value is -0.690. The van der Waals surface area contributed by atoms with E-state index in [1.165, 1.54) is 0 Å². The highest BCUT2D eigenvalue weighted by atomic mass is 16.6. The first-order valence-corrected chi connectivity index (χ1v) is 6.51. The van der Waals surface area contributed by atoms with E-state index >= 15 is 0 Å². The smallest absolute Gasteiger partial charge is 0.305 e. The first-order valence-electron chi connectivity index (χ1n) is 6.51. The van der Waals surface area contributed by atoms with Crippen LogP contribution in [0.2, 0.25) is 0 Å². The summed E-state index contributed by atoms with van der Waals surface area (Å²) in [5.74, 6) is -0.855. The van der Waals surface area contributed by atoms with Gasteiger partial charge in [-0.05, 0) is 20.8 Å². The molecule has 0 aromatic heterocycles. The van der Waals surface area contributed by atoms with Crippen LogP contribution >= 0.6 is 0 Å². The maximum atomic E-state index is 10.2. The number of carboxylic acids is 1. The van der Waals surface area contributed by atoms with Crippen LogP contribution in [0, 0.1) is 0 Å². The Morgan fingerprint density at radius 3 is 1.68 bits per heavy atom. The van der Waals surface area contributed by atoms with Gasteiger partial charge in [-0.25, -0.2) is 0 Å². The molecule has 0 radical (unpaired) electrons. The fourth-order valence-corrected chi connectivity index (χ4v) is 1.11. The molecule has 0 atom stereocenters. The van der Waals surface area contributed by atoms with Gasteiger partial charge in [0.05, 0.1) is 58.3 Å². The monoisotopic (exact) mass is 278 g/mol. The molecule has 0 saturated carbocycles. The van der Waals surface area contributed by atoms with Crippen molar-refractivity contribution in [1.82, 2.24) is 0 Å². The van der Waals surface area contributed by atoms with Gasteiger partial charge in [-0.1, -0.05) is 0 Å². The first kappa shape index (κ1) is 18.3. The van der Waals surface area contributed by atoms with E-state index < -0.39 is 5.97 Å². The van der Waals surface area contributed by atoms with Gasteiger partial charge in [-0.3, -0.25) is 4.79 Å². The lowest BCUT2D eigenvalue weighted by Crippen LogP contribution is -2.22. The second-order valence-electron chi connectivity index (χ2n) is 4.94. The molecule has 0 unspecified atom stereocenters. The van der Waals surface area contributed by atoms with Gasteiger partial charge in [0.1, 0.15) is 0 Å². The van der Waals surface area contributed by atoms with Crippen LogP contribution in [0.3, 0.4) is 0 Å². The molecule has 0 aliphatic carbocycles. The first-order chi connectivity index (χ1) is 8.92. The lowest BCUT2D eigenvalue weighted by atomic mass is 10.2. The van der Waals surface area contributed by atoms with Crippen molar-refractivity contribution in [2.45, 2.75) is 32.8 Å². The molecule has 0 saturated heterocycles. The molecule has 6 heteroatoms. The van der Waals surface area contributed by atoms with Crippen LogP contribution in [0.4, 0.5) is 0 Å². The normalized spacial score (nSPS) is 11.7. The van der Waals surface area contributed by atoms with Gasteiger partial charge in [-0.2, -0.15) is 0 Å². The topological polar surface area (TPSA) is 74.2 Å². The van der Waals surface area contributed by atoms with Crippen LogP contribution in [-0.4, -0.2) is 62.9 Å². The quantitative estimate of drug-likeness (QED) is 0.543. The van der Waals surface area contributed by atoms with Crippen LogP contribution in [0.1, 0.15) is 27.2 Å². The van der Waals surface area contributed by atoms with E-state index in [1.54, 1.807) is 0 Å². The number of aliphatic carboxylic acids is 1. The molecule has 0 rings (SSSR count). The van der Waals surface area contributed by atoms with E-state index in [1.807, 2.05) is 20.8 Å². The molecule has 0 aliphatic rings. The van der Waals surface area contributed by atoms with Crippen molar-refractivity contribution in [3.05, 3.63) is 0 Å². The largest absolute Gasteiger partial charge is 0.481 e. The van der Waals surface area contributed by atoms with E-state index in [0.29, 0.717) is 39.6 Å². The average Bonchev–Trinajstić information content (AvgIpc) is 2.28. The molecule has 0 spiro atoms. The van der Waals surface area contributed by atoms with E-state index in [4.69, 9.17) is 24.1 Å².